The fourth-order valence-corrected chi connectivity index (χ4v) is 2.33. The molecule has 18 heavy (non-hydrogen) atoms. The molecule has 1 unspecified atom stereocenters. The van der Waals surface area contributed by atoms with Gasteiger partial charge in [-0.2, -0.15) is 11.8 Å². The van der Waals surface area contributed by atoms with Crippen molar-refractivity contribution in [3.05, 3.63) is 27.3 Å². The van der Waals surface area contributed by atoms with E-state index >= 15 is 0 Å². The molecule has 0 spiro atoms. The molecular formula is C12H14INO3S. The minimum absolute atomic E-state index is 0.102. The second-order valence-electron chi connectivity index (χ2n) is 3.83. The van der Waals surface area contributed by atoms with Crippen LogP contribution in [0.25, 0.3) is 0 Å². The predicted octanol–water partition coefficient (Wildman–Crippen LogP) is 3.07. The third-order valence-electron chi connectivity index (χ3n) is 2.30. The summed E-state index contributed by atoms with van der Waals surface area (Å²) in [5.74, 6) is -1.10. The maximum atomic E-state index is 11.7. The second kappa shape index (κ2) is 6.98. The Bertz CT molecular complexity index is 465. The molecule has 1 atom stereocenters. The summed E-state index contributed by atoms with van der Waals surface area (Å²) < 4.78 is 0.778. The highest BCUT2D eigenvalue weighted by Crippen LogP contribution is 2.18. The van der Waals surface area contributed by atoms with Crippen LogP contribution >= 0.6 is 34.4 Å². The van der Waals surface area contributed by atoms with E-state index in [2.05, 4.69) is 5.32 Å². The third-order valence-corrected chi connectivity index (χ3v) is 3.90. The Morgan fingerprint density at radius 3 is 2.67 bits per heavy atom. The molecule has 0 heterocycles. The lowest BCUT2D eigenvalue weighted by Crippen LogP contribution is -2.16. The summed E-state index contributed by atoms with van der Waals surface area (Å²) >= 11 is 3.64. The Morgan fingerprint density at radius 2 is 2.11 bits per heavy atom. The molecule has 0 bridgehead atoms. The Kier molecular flexibility index (Phi) is 5.94. The number of carbonyl (C=O) groups excluding carboxylic acids is 1. The van der Waals surface area contributed by atoms with Crippen LogP contribution < -0.4 is 5.32 Å². The van der Waals surface area contributed by atoms with E-state index in [4.69, 9.17) is 5.11 Å². The number of carboxylic acid groups (broad SMARTS) is 1. The highest BCUT2D eigenvalue weighted by atomic mass is 127. The van der Waals surface area contributed by atoms with E-state index in [-0.39, 0.29) is 16.7 Å². The first-order valence-electron chi connectivity index (χ1n) is 5.29. The molecule has 2 N–H and O–H groups in total. The van der Waals surface area contributed by atoms with Crippen molar-refractivity contribution in [3.8, 4) is 0 Å². The minimum atomic E-state index is -0.999. The van der Waals surface area contributed by atoms with E-state index in [1.165, 1.54) is 6.07 Å². The fourth-order valence-electron chi connectivity index (χ4n) is 1.34. The third kappa shape index (κ3) is 4.85. The van der Waals surface area contributed by atoms with Crippen LogP contribution in [0.5, 0.6) is 0 Å². The first kappa shape index (κ1) is 15.3. The van der Waals surface area contributed by atoms with Crippen LogP contribution in [-0.2, 0) is 4.79 Å². The van der Waals surface area contributed by atoms with E-state index in [1.54, 1.807) is 23.9 Å². The Hall–Kier alpha value is -0.760. The number of nitrogens with one attached hydrogen (secondary N) is 1. The molecule has 98 valence electrons. The monoisotopic (exact) mass is 379 g/mol. The first-order chi connectivity index (χ1) is 8.42. The lowest BCUT2D eigenvalue weighted by atomic mass is 10.2. The number of hydrogen-bond donors (Lipinski definition) is 2. The lowest BCUT2D eigenvalue weighted by molar-refractivity contribution is -0.116. The zero-order chi connectivity index (χ0) is 13.7. The van der Waals surface area contributed by atoms with Crippen LogP contribution in [0.15, 0.2) is 18.2 Å². The average Bonchev–Trinajstić information content (AvgIpc) is 2.27. The van der Waals surface area contributed by atoms with Gasteiger partial charge in [0, 0.05) is 20.9 Å². The molecular weight excluding hydrogens is 365 g/mol. The molecule has 0 aliphatic heterocycles. The number of amides is 1. The Morgan fingerprint density at radius 1 is 1.44 bits per heavy atom. The molecule has 4 nitrogen and oxygen atoms in total. The summed E-state index contributed by atoms with van der Waals surface area (Å²) in [5, 5.41) is 11.9. The molecule has 0 fully saturated rings. The molecule has 1 rings (SSSR count). The average molecular weight is 379 g/mol. The van der Waals surface area contributed by atoms with Crippen LogP contribution in [0.3, 0.4) is 0 Å². The van der Waals surface area contributed by atoms with Gasteiger partial charge in [-0.1, -0.05) is 6.92 Å². The van der Waals surface area contributed by atoms with Crippen molar-refractivity contribution >= 4 is 51.9 Å². The number of halogens is 1. The zero-order valence-corrected chi connectivity index (χ0v) is 13.0. The molecule has 0 aromatic heterocycles. The van der Waals surface area contributed by atoms with Crippen molar-refractivity contribution in [2.24, 2.45) is 0 Å². The van der Waals surface area contributed by atoms with Crippen molar-refractivity contribution in [3.63, 3.8) is 0 Å². The standard InChI is InChI=1S/C12H14INO3S/c1-7(18-2)3-11(15)14-10-5-8(12(16)17)4-9(13)6-10/h4-7H,3H2,1-2H3,(H,14,15)(H,16,17). The maximum Gasteiger partial charge on any atom is 0.335 e. The molecule has 6 heteroatoms. The van der Waals surface area contributed by atoms with Crippen LogP contribution in [0, 0.1) is 3.57 Å². The summed E-state index contributed by atoms with van der Waals surface area (Å²) in [6, 6.07) is 4.77. The fraction of sp³-hybridized carbons (Fsp3) is 0.333. The van der Waals surface area contributed by atoms with Gasteiger partial charge in [0.1, 0.15) is 0 Å². The van der Waals surface area contributed by atoms with E-state index in [0.29, 0.717) is 12.1 Å². The van der Waals surface area contributed by atoms with Gasteiger partial charge >= 0.3 is 5.97 Å². The highest BCUT2D eigenvalue weighted by Gasteiger charge is 2.10. The van der Waals surface area contributed by atoms with Crippen molar-refractivity contribution in [2.75, 3.05) is 11.6 Å². The van der Waals surface area contributed by atoms with Gasteiger partial charge in [0.2, 0.25) is 5.91 Å². The van der Waals surface area contributed by atoms with Crippen LogP contribution in [0.2, 0.25) is 0 Å². The van der Waals surface area contributed by atoms with Gasteiger partial charge in [-0.15, -0.1) is 0 Å². The predicted molar refractivity (Wildman–Crippen MR) is 82.3 cm³/mol. The van der Waals surface area contributed by atoms with Crippen molar-refractivity contribution < 1.29 is 14.7 Å². The largest absolute Gasteiger partial charge is 0.478 e. The number of carbonyl (C=O) groups is 2. The van der Waals surface area contributed by atoms with Gasteiger partial charge < -0.3 is 10.4 Å². The smallest absolute Gasteiger partial charge is 0.335 e. The summed E-state index contributed by atoms with van der Waals surface area (Å²) in [5.41, 5.74) is 0.702. The highest BCUT2D eigenvalue weighted by molar-refractivity contribution is 14.1. The molecule has 0 radical (unpaired) electrons. The van der Waals surface area contributed by atoms with E-state index in [0.717, 1.165) is 3.57 Å². The summed E-state index contributed by atoms with van der Waals surface area (Å²) in [7, 11) is 0. The Labute approximate surface area is 124 Å². The topological polar surface area (TPSA) is 66.4 Å². The quantitative estimate of drug-likeness (QED) is 0.772. The van der Waals surface area contributed by atoms with E-state index in [1.807, 2.05) is 35.8 Å². The second-order valence-corrected chi connectivity index (χ2v) is 6.35. The van der Waals surface area contributed by atoms with Crippen molar-refractivity contribution in [1.82, 2.24) is 0 Å². The van der Waals surface area contributed by atoms with Gasteiger partial charge in [-0.05, 0) is 47.0 Å². The van der Waals surface area contributed by atoms with Gasteiger partial charge in [-0.25, -0.2) is 4.79 Å². The molecule has 1 amide bonds. The number of rotatable bonds is 5. The number of carboxylic acids is 1. The van der Waals surface area contributed by atoms with Crippen molar-refractivity contribution in [1.29, 1.82) is 0 Å². The Balaban J connectivity index is 2.78. The van der Waals surface area contributed by atoms with Gasteiger partial charge in [0.05, 0.1) is 5.56 Å². The normalized spacial score (nSPS) is 11.9. The minimum Gasteiger partial charge on any atom is -0.478 e. The van der Waals surface area contributed by atoms with Gasteiger partial charge in [0.15, 0.2) is 0 Å². The molecule has 0 aliphatic carbocycles. The lowest BCUT2D eigenvalue weighted by Gasteiger charge is -2.10. The summed E-state index contributed by atoms with van der Waals surface area (Å²) in [6.45, 7) is 1.97. The number of aromatic carboxylic acids is 1. The van der Waals surface area contributed by atoms with Crippen LogP contribution in [0.4, 0.5) is 5.69 Å². The molecule has 1 aromatic carbocycles. The number of thioether (sulfide) groups is 1. The first-order valence-corrected chi connectivity index (χ1v) is 7.65. The number of hydrogen-bond acceptors (Lipinski definition) is 3. The van der Waals surface area contributed by atoms with Crippen LogP contribution in [0.1, 0.15) is 23.7 Å². The van der Waals surface area contributed by atoms with Crippen LogP contribution in [-0.4, -0.2) is 28.5 Å². The zero-order valence-electron chi connectivity index (χ0n) is 10.1. The number of benzene rings is 1. The van der Waals surface area contributed by atoms with E-state index in [9.17, 15) is 9.59 Å². The van der Waals surface area contributed by atoms with Crippen molar-refractivity contribution in [2.45, 2.75) is 18.6 Å². The summed E-state index contributed by atoms with van der Waals surface area (Å²) in [4.78, 5) is 22.6. The number of anilines is 1. The van der Waals surface area contributed by atoms with Gasteiger partial charge in [0.25, 0.3) is 0 Å². The van der Waals surface area contributed by atoms with Gasteiger partial charge in [-0.3, -0.25) is 4.79 Å². The summed E-state index contributed by atoms with van der Waals surface area (Å²) in [6.07, 6.45) is 2.36. The molecule has 0 saturated carbocycles. The molecule has 0 saturated heterocycles. The molecule has 0 aliphatic rings. The maximum absolute atomic E-state index is 11.7. The van der Waals surface area contributed by atoms with E-state index < -0.39 is 5.97 Å². The SMILES string of the molecule is CSC(C)CC(=O)Nc1cc(I)cc(C(=O)O)c1. The molecule has 1 aromatic rings.